The van der Waals surface area contributed by atoms with Gasteiger partial charge in [0.2, 0.25) is 0 Å². The number of Topliss-reactive ketones (excluding diaryl/α,β-unsaturated/α-hetero) is 1. The zero-order valence-electron chi connectivity index (χ0n) is 19.4. The normalized spacial score (nSPS) is 19.3. The van der Waals surface area contributed by atoms with E-state index < -0.39 is 6.04 Å². The van der Waals surface area contributed by atoms with Crippen LogP contribution in [-0.2, 0) is 9.53 Å². The van der Waals surface area contributed by atoms with Gasteiger partial charge in [-0.3, -0.25) is 9.69 Å². The lowest BCUT2D eigenvalue weighted by atomic mass is 10.0. The molecule has 2 aliphatic rings. The first-order valence-electron chi connectivity index (χ1n) is 11.4. The van der Waals surface area contributed by atoms with E-state index in [4.69, 9.17) is 19.9 Å². The molecule has 2 aromatic carbocycles. The van der Waals surface area contributed by atoms with E-state index in [9.17, 15) is 4.79 Å². The molecule has 0 amide bonds. The summed E-state index contributed by atoms with van der Waals surface area (Å²) in [6, 6.07) is 12.7. The van der Waals surface area contributed by atoms with Crippen molar-refractivity contribution in [1.29, 1.82) is 0 Å². The van der Waals surface area contributed by atoms with Crippen molar-refractivity contribution in [2.24, 2.45) is 5.73 Å². The van der Waals surface area contributed by atoms with Crippen LogP contribution < -0.4 is 20.1 Å². The van der Waals surface area contributed by atoms with Gasteiger partial charge in [-0.15, -0.1) is 0 Å². The summed E-state index contributed by atoms with van der Waals surface area (Å²) < 4.78 is 16.4. The van der Waals surface area contributed by atoms with Crippen LogP contribution in [-0.4, -0.2) is 73.8 Å². The number of aromatic amines is 1. The predicted molar refractivity (Wildman–Crippen MR) is 130 cm³/mol. The third kappa shape index (κ3) is 4.08. The number of rotatable bonds is 7. The molecule has 1 unspecified atom stereocenters. The molecule has 9 nitrogen and oxygen atoms in total. The van der Waals surface area contributed by atoms with Crippen molar-refractivity contribution in [3.63, 3.8) is 0 Å². The Hall–Kier alpha value is -3.56. The summed E-state index contributed by atoms with van der Waals surface area (Å²) in [5.74, 6) is 2.05. The van der Waals surface area contributed by atoms with Crippen molar-refractivity contribution >= 4 is 28.1 Å². The lowest BCUT2D eigenvalue weighted by Gasteiger charge is -2.31. The molecule has 1 fully saturated rings. The minimum absolute atomic E-state index is 0.0494. The highest BCUT2D eigenvalue weighted by atomic mass is 16.5. The van der Waals surface area contributed by atoms with Crippen LogP contribution in [0.15, 0.2) is 48.3 Å². The van der Waals surface area contributed by atoms with Crippen LogP contribution in [0.4, 0.5) is 5.69 Å². The van der Waals surface area contributed by atoms with Gasteiger partial charge in [0.15, 0.2) is 5.78 Å². The Bertz CT molecular complexity index is 1180. The van der Waals surface area contributed by atoms with Gasteiger partial charge in [-0.2, -0.15) is 0 Å². The molecule has 5 rings (SSSR count). The van der Waals surface area contributed by atoms with Crippen LogP contribution in [0.3, 0.4) is 0 Å². The maximum absolute atomic E-state index is 13.8. The van der Waals surface area contributed by atoms with E-state index in [0.717, 1.165) is 36.4 Å². The SMILES string of the molecule is COc1cc(OC)cc(N2C(N)=C(c3nc4ccccc4[nH]3)C(=O)C2CCN2CCOCC2)c1. The fourth-order valence-corrected chi connectivity index (χ4v) is 4.65. The first-order chi connectivity index (χ1) is 16.6. The molecule has 178 valence electrons. The Morgan fingerprint density at radius 3 is 2.50 bits per heavy atom. The van der Waals surface area contributed by atoms with Gasteiger partial charge in [0.1, 0.15) is 34.8 Å². The molecule has 0 saturated carbocycles. The smallest absolute Gasteiger partial charge is 0.193 e. The van der Waals surface area contributed by atoms with Crippen molar-refractivity contribution in [2.75, 3.05) is 52.0 Å². The van der Waals surface area contributed by atoms with Crippen molar-refractivity contribution in [1.82, 2.24) is 14.9 Å². The van der Waals surface area contributed by atoms with Crippen LogP contribution in [0.25, 0.3) is 16.6 Å². The molecule has 1 saturated heterocycles. The van der Waals surface area contributed by atoms with Crippen molar-refractivity contribution in [3.8, 4) is 11.5 Å². The summed E-state index contributed by atoms with van der Waals surface area (Å²) in [5.41, 5.74) is 9.48. The standard InChI is InChI=1S/C25H29N5O4/c1-32-17-13-16(14-18(15-17)33-2)30-21(7-8-29-9-11-34-12-10-29)23(31)22(24(30)26)25-27-19-5-3-4-6-20(19)28-25/h3-6,13-15,21H,7-12,26H2,1-2H3,(H,27,28). The lowest BCUT2D eigenvalue weighted by molar-refractivity contribution is -0.114. The number of H-pyrrole nitrogens is 1. The van der Waals surface area contributed by atoms with Gasteiger partial charge in [-0.05, 0) is 18.6 Å². The molecule has 1 aromatic heterocycles. The van der Waals surface area contributed by atoms with Gasteiger partial charge >= 0.3 is 0 Å². The molecule has 3 aromatic rings. The third-order valence-electron chi connectivity index (χ3n) is 6.44. The average Bonchev–Trinajstić information content (AvgIpc) is 3.40. The Balaban J connectivity index is 1.55. The predicted octanol–water partition coefficient (Wildman–Crippen LogP) is 2.39. The van der Waals surface area contributed by atoms with Crippen LogP contribution in [0.1, 0.15) is 12.2 Å². The second-order valence-corrected chi connectivity index (χ2v) is 8.43. The average molecular weight is 464 g/mol. The second kappa shape index (κ2) is 9.36. The molecule has 0 aliphatic carbocycles. The van der Waals surface area contributed by atoms with Gasteiger partial charge in [-0.25, -0.2) is 4.98 Å². The number of hydrogen-bond acceptors (Lipinski definition) is 8. The first-order valence-corrected chi connectivity index (χ1v) is 11.4. The van der Waals surface area contributed by atoms with Crippen LogP contribution >= 0.6 is 0 Å². The monoisotopic (exact) mass is 463 g/mol. The molecule has 9 heteroatoms. The molecule has 0 bridgehead atoms. The zero-order valence-corrected chi connectivity index (χ0v) is 19.4. The van der Waals surface area contributed by atoms with Gasteiger partial charge in [-0.1, -0.05) is 12.1 Å². The third-order valence-corrected chi connectivity index (χ3v) is 6.44. The van der Waals surface area contributed by atoms with E-state index >= 15 is 0 Å². The summed E-state index contributed by atoms with van der Waals surface area (Å²) in [4.78, 5) is 25.9. The molecule has 3 heterocycles. The van der Waals surface area contributed by atoms with Gasteiger partial charge < -0.3 is 29.8 Å². The van der Waals surface area contributed by atoms with Crippen LogP contribution in [0, 0.1) is 0 Å². The molecular formula is C25H29N5O4. The highest BCUT2D eigenvalue weighted by molar-refractivity contribution is 6.27. The van der Waals surface area contributed by atoms with Gasteiger partial charge in [0.25, 0.3) is 0 Å². The number of ether oxygens (including phenoxy) is 3. The number of fused-ring (bicyclic) bond motifs is 1. The zero-order chi connectivity index (χ0) is 23.7. The summed E-state index contributed by atoms with van der Waals surface area (Å²) in [6.45, 7) is 3.89. The maximum Gasteiger partial charge on any atom is 0.193 e. The van der Waals surface area contributed by atoms with Crippen LogP contribution in [0.5, 0.6) is 11.5 Å². The van der Waals surface area contributed by atoms with E-state index in [1.165, 1.54) is 0 Å². The number of aromatic nitrogens is 2. The largest absolute Gasteiger partial charge is 0.497 e. The van der Waals surface area contributed by atoms with E-state index in [1.807, 2.05) is 41.3 Å². The molecular weight excluding hydrogens is 434 g/mol. The van der Waals surface area contributed by atoms with Gasteiger partial charge in [0, 0.05) is 37.8 Å². The summed E-state index contributed by atoms with van der Waals surface area (Å²) in [5, 5.41) is 0. The molecule has 3 N–H and O–H groups in total. The number of ketones is 1. The molecule has 0 radical (unpaired) electrons. The number of anilines is 1. The molecule has 1 atom stereocenters. The Kier molecular flexibility index (Phi) is 6.12. The highest BCUT2D eigenvalue weighted by Gasteiger charge is 2.41. The number of imidazole rings is 1. The number of nitrogens with two attached hydrogens (primary N) is 1. The minimum Gasteiger partial charge on any atom is -0.497 e. The highest BCUT2D eigenvalue weighted by Crippen LogP contribution is 2.38. The summed E-state index contributed by atoms with van der Waals surface area (Å²) >= 11 is 0. The first kappa shape index (κ1) is 22.2. The van der Waals surface area contributed by atoms with E-state index in [1.54, 1.807) is 20.3 Å². The Labute approximate surface area is 198 Å². The number of morpholine rings is 1. The Morgan fingerprint density at radius 2 is 1.82 bits per heavy atom. The number of methoxy groups -OCH3 is 2. The number of hydrogen-bond donors (Lipinski definition) is 2. The fourth-order valence-electron chi connectivity index (χ4n) is 4.65. The molecule has 2 aliphatic heterocycles. The molecule has 34 heavy (non-hydrogen) atoms. The summed E-state index contributed by atoms with van der Waals surface area (Å²) in [7, 11) is 3.20. The number of nitrogens with one attached hydrogen (secondary N) is 1. The van der Waals surface area contributed by atoms with Gasteiger partial charge in [0.05, 0.1) is 44.2 Å². The fraction of sp³-hybridized carbons (Fsp3) is 0.360. The van der Waals surface area contributed by atoms with E-state index in [0.29, 0.717) is 48.4 Å². The van der Waals surface area contributed by atoms with Crippen molar-refractivity contribution in [2.45, 2.75) is 12.5 Å². The topological polar surface area (TPSA) is 106 Å². The second-order valence-electron chi connectivity index (χ2n) is 8.43. The number of para-hydroxylation sites is 2. The quantitative estimate of drug-likeness (QED) is 0.550. The minimum atomic E-state index is -0.470. The van der Waals surface area contributed by atoms with Crippen molar-refractivity contribution < 1.29 is 19.0 Å². The maximum atomic E-state index is 13.8. The van der Waals surface area contributed by atoms with E-state index in [-0.39, 0.29) is 5.78 Å². The lowest BCUT2D eigenvalue weighted by Crippen LogP contribution is -2.42. The van der Waals surface area contributed by atoms with Crippen molar-refractivity contribution in [3.05, 3.63) is 54.1 Å². The van der Waals surface area contributed by atoms with Crippen LogP contribution in [0.2, 0.25) is 0 Å². The Morgan fingerprint density at radius 1 is 1.12 bits per heavy atom. The molecule has 0 spiro atoms. The number of carbonyl (C=O) groups excluding carboxylic acids is 1. The van der Waals surface area contributed by atoms with E-state index in [2.05, 4.69) is 14.9 Å². The summed E-state index contributed by atoms with van der Waals surface area (Å²) in [6.07, 6.45) is 0.614. The number of nitrogens with zero attached hydrogens (tertiary/aromatic N) is 3. The number of benzene rings is 2. The number of carbonyl (C=O) groups is 1.